The maximum atomic E-state index is 13.8. The van der Waals surface area contributed by atoms with Crippen molar-refractivity contribution in [1.29, 1.82) is 0 Å². The third-order valence-corrected chi connectivity index (χ3v) is 10.4. The summed E-state index contributed by atoms with van der Waals surface area (Å²) in [5.41, 5.74) is 5.28. The van der Waals surface area contributed by atoms with Crippen molar-refractivity contribution in [2.45, 2.75) is 36.3 Å². The van der Waals surface area contributed by atoms with Gasteiger partial charge in [-0.05, 0) is 65.6 Å². The summed E-state index contributed by atoms with van der Waals surface area (Å²) in [6, 6.07) is 40.9. The normalized spacial score (nSPS) is 15.2. The van der Waals surface area contributed by atoms with Crippen LogP contribution in [0.4, 0.5) is 5.13 Å². The van der Waals surface area contributed by atoms with E-state index in [9.17, 15) is 14.7 Å². The van der Waals surface area contributed by atoms with Gasteiger partial charge in [-0.2, -0.15) is 0 Å². The van der Waals surface area contributed by atoms with E-state index in [2.05, 4.69) is 16.3 Å². The lowest BCUT2D eigenvalue weighted by Gasteiger charge is -2.22. The zero-order chi connectivity index (χ0) is 35.2. The lowest BCUT2D eigenvalue weighted by molar-refractivity contribution is -0.132. The second-order valence-electron chi connectivity index (χ2n) is 11.9. The number of aromatic nitrogens is 2. The van der Waals surface area contributed by atoms with Gasteiger partial charge in [-0.15, -0.1) is 10.2 Å². The summed E-state index contributed by atoms with van der Waals surface area (Å²) in [5.74, 6) is 0.00285. The van der Waals surface area contributed by atoms with Gasteiger partial charge in [0.25, 0.3) is 5.78 Å². The van der Waals surface area contributed by atoms with E-state index in [1.807, 2.05) is 85.8 Å². The highest BCUT2D eigenvalue weighted by molar-refractivity contribution is 8.00. The molecule has 10 heteroatoms. The van der Waals surface area contributed by atoms with Crippen LogP contribution in [0.5, 0.6) is 11.5 Å². The number of ketones is 1. The zero-order valence-corrected chi connectivity index (χ0v) is 29.3. The molecule has 254 valence electrons. The molecular weight excluding hydrogens is 679 g/mol. The number of nitrogens with zero attached hydrogens (tertiary/aromatic N) is 3. The van der Waals surface area contributed by atoms with Gasteiger partial charge < -0.3 is 14.6 Å². The number of aryl methyl sites for hydroxylation is 1. The Morgan fingerprint density at radius 1 is 0.745 bits per heavy atom. The molecule has 5 aromatic carbocycles. The number of anilines is 1. The molecular formula is C41H33N3O5S2. The summed E-state index contributed by atoms with van der Waals surface area (Å²) in [4.78, 5) is 28.9. The average molecular weight is 712 g/mol. The van der Waals surface area contributed by atoms with Crippen molar-refractivity contribution < 1.29 is 24.2 Å². The zero-order valence-electron chi connectivity index (χ0n) is 27.6. The molecule has 1 atom stereocenters. The Balaban J connectivity index is 1.18. The summed E-state index contributed by atoms with van der Waals surface area (Å²) in [6.07, 6.45) is 0. The number of hydrogen-bond acceptors (Lipinski definition) is 9. The minimum Gasteiger partial charge on any atom is -0.507 e. The number of carbonyl (C=O) groups is 2. The van der Waals surface area contributed by atoms with E-state index in [1.54, 1.807) is 48.5 Å². The topological polar surface area (TPSA) is 102 Å². The van der Waals surface area contributed by atoms with Crippen LogP contribution in [-0.4, -0.2) is 27.0 Å². The fraction of sp³-hybridized carbons (Fsp3) is 0.122. The second-order valence-corrected chi connectivity index (χ2v) is 14.1. The van der Waals surface area contributed by atoms with Gasteiger partial charge in [0.15, 0.2) is 4.34 Å². The van der Waals surface area contributed by atoms with Crippen LogP contribution < -0.4 is 14.4 Å². The maximum Gasteiger partial charge on any atom is 0.301 e. The Hall–Kier alpha value is -5.71. The maximum absolute atomic E-state index is 13.8. The van der Waals surface area contributed by atoms with Crippen LogP contribution in [-0.2, 0) is 28.6 Å². The van der Waals surface area contributed by atoms with Crippen molar-refractivity contribution in [3.8, 4) is 11.5 Å². The Bertz CT molecular complexity index is 2170. The molecule has 7 rings (SSSR count). The Morgan fingerprint density at radius 2 is 1.35 bits per heavy atom. The van der Waals surface area contributed by atoms with Gasteiger partial charge >= 0.3 is 5.91 Å². The molecule has 0 bridgehead atoms. The minimum absolute atomic E-state index is 0.0416. The van der Waals surface area contributed by atoms with E-state index in [-0.39, 0.29) is 16.5 Å². The number of amides is 1. The van der Waals surface area contributed by atoms with Crippen molar-refractivity contribution >= 4 is 45.7 Å². The number of rotatable bonds is 12. The molecule has 2 heterocycles. The fourth-order valence-corrected chi connectivity index (χ4v) is 7.57. The van der Waals surface area contributed by atoms with Crippen molar-refractivity contribution in [3.05, 3.63) is 172 Å². The number of ether oxygens (including phenoxy) is 2. The van der Waals surface area contributed by atoms with Crippen LogP contribution in [0.25, 0.3) is 5.76 Å². The molecule has 6 aromatic rings. The molecule has 1 saturated heterocycles. The highest BCUT2D eigenvalue weighted by Crippen LogP contribution is 2.44. The highest BCUT2D eigenvalue weighted by atomic mass is 32.2. The Kier molecular flexibility index (Phi) is 10.2. The van der Waals surface area contributed by atoms with E-state index in [0.717, 1.165) is 22.3 Å². The second kappa shape index (κ2) is 15.5. The van der Waals surface area contributed by atoms with Gasteiger partial charge in [-0.1, -0.05) is 126 Å². The van der Waals surface area contributed by atoms with Crippen molar-refractivity contribution in [3.63, 3.8) is 0 Å². The van der Waals surface area contributed by atoms with E-state index >= 15 is 0 Å². The standard InChI is InChI=1S/C41H33N3O5S2/c1-27-9-8-14-30(23-27)25-49-34-21-17-32(18-22-34)37(45)35-36(31-15-19-33(20-16-31)48-24-28-10-4-2-5-11-28)44(39(47)38(35)46)40-42-43-41(51-40)50-26-29-12-6-3-7-13-29/h2-23,36,45H,24-26H2,1H3. The number of Topliss-reactive ketones (excluding diaryl/α,β-unsaturated/α-hetero) is 1. The molecule has 1 N–H and O–H groups in total. The molecule has 0 aliphatic carbocycles. The molecule has 8 nitrogen and oxygen atoms in total. The first-order valence-corrected chi connectivity index (χ1v) is 18.1. The third kappa shape index (κ3) is 7.88. The molecule has 1 aromatic heterocycles. The molecule has 0 saturated carbocycles. The number of aliphatic hydroxyl groups is 1. The van der Waals surface area contributed by atoms with Crippen molar-refractivity contribution in [2.75, 3.05) is 4.90 Å². The van der Waals surface area contributed by atoms with Crippen LogP contribution >= 0.6 is 23.1 Å². The van der Waals surface area contributed by atoms with Crippen molar-refractivity contribution in [1.82, 2.24) is 10.2 Å². The number of hydrogen-bond donors (Lipinski definition) is 1. The van der Waals surface area contributed by atoms with E-state index < -0.39 is 17.7 Å². The molecule has 1 amide bonds. The molecule has 1 fully saturated rings. The molecule has 51 heavy (non-hydrogen) atoms. The summed E-state index contributed by atoms with van der Waals surface area (Å²) >= 11 is 2.72. The van der Waals surface area contributed by atoms with Crippen molar-refractivity contribution in [2.24, 2.45) is 0 Å². The first-order chi connectivity index (χ1) is 24.9. The van der Waals surface area contributed by atoms with Crippen LogP contribution in [0.15, 0.2) is 143 Å². The predicted molar refractivity (Wildman–Crippen MR) is 200 cm³/mol. The molecule has 1 unspecified atom stereocenters. The quantitative estimate of drug-likeness (QED) is 0.0442. The monoisotopic (exact) mass is 711 g/mol. The number of aliphatic hydroxyl groups excluding tert-OH is 1. The molecule has 0 spiro atoms. The summed E-state index contributed by atoms with van der Waals surface area (Å²) in [6.45, 7) is 2.80. The highest BCUT2D eigenvalue weighted by Gasteiger charge is 2.48. The fourth-order valence-electron chi connectivity index (χ4n) is 5.74. The smallest absolute Gasteiger partial charge is 0.301 e. The predicted octanol–water partition coefficient (Wildman–Crippen LogP) is 8.92. The third-order valence-electron chi connectivity index (χ3n) is 8.31. The van der Waals surface area contributed by atoms with Gasteiger partial charge in [0.1, 0.15) is 30.5 Å². The first-order valence-electron chi connectivity index (χ1n) is 16.3. The Morgan fingerprint density at radius 3 is 2.02 bits per heavy atom. The van der Waals surface area contributed by atoms with Gasteiger partial charge in [0, 0.05) is 11.3 Å². The van der Waals surface area contributed by atoms with Crippen LogP contribution in [0.3, 0.4) is 0 Å². The van der Waals surface area contributed by atoms with Gasteiger partial charge in [-0.3, -0.25) is 14.5 Å². The van der Waals surface area contributed by atoms with Gasteiger partial charge in [-0.25, -0.2) is 0 Å². The molecule has 1 aliphatic heterocycles. The Labute approximate surface area is 304 Å². The largest absolute Gasteiger partial charge is 0.507 e. The summed E-state index contributed by atoms with van der Waals surface area (Å²) in [7, 11) is 0. The van der Waals surface area contributed by atoms with E-state index in [4.69, 9.17) is 9.47 Å². The number of carbonyl (C=O) groups excluding carboxylic acids is 2. The SMILES string of the molecule is Cc1cccc(COc2ccc(C(O)=C3C(=O)C(=O)N(c4nnc(SCc5ccccc5)s4)C3c3ccc(OCc4ccccc4)cc3)cc2)c1. The minimum atomic E-state index is -0.953. The van der Waals surface area contributed by atoms with Crippen LogP contribution in [0, 0.1) is 6.92 Å². The summed E-state index contributed by atoms with van der Waals surface area (Å²) in [5, 5.41) is 20.6. The lowest BCUT2D eigenvalue weighted by atomic mass is 9.95. The molecule has 1 aliphatic rings. The van der Waals surface area contributed by atoms with Crippen LogP contribution in [0.2, 0.25) is 0 Å². The van der Waals surface area contributed by atoms with Gasteiger partial charge in [0.05, 0.1) is 11.6 Å². The number of benzene rings is 5. The summed E-state index contributed by atoms with van der Waals surface area (Å²) < 4.78 is 12.6. The lowest BCUT2D eigenvalue weighted by Crippen LogP contribution is -2.29. The average Bonchev–Trinajstić information content (AvgIpc) is 3.74. The van der Waals surface area contributed by atoms with Gasteiger partial charge in [0.2, 0.25) is 5.13 Å². The van der Waals surface area contributed by atoms with Crippen LogP contribution in [0.1, 0.15) is 39.4 Å². The van der Waals surface area contributed by atoms with E-state index in [1.165, 1.54) is 28.0 Å². The van der Waals surface area contributed by atoms with E-state index in [0.29, 0.717) is 45.9 Å². The first kappa shape index (κ1) is 33.8. The number of thioether (sulfide) groups is 1. The molecule has 0 radical (unpaired) electrons.